The molecule has 1 aliphatic heterocycles. The van der Waals surface area contributed by atoms with Crippen LogP contribution in [0.3, 0.4) is 0 Å². The van der Waals surface area contributed by atoms with Crippen LogP contribution in [-0.4, -0.2) is 25.0 Å². The van der Waals surface area contributed by atoms with Crippen molar-refractivity contribution in [2.24, 2.45) is 0 Å². The van der Waals surface area contributed by atoms with Crippen molar-refractivity contribution < 1.29 is 22.4 Å². The Balaban J connectivity index is 2.23. The molecule has 0 saturated carbocycles. The molecule has 2 rings (SSSR count). The van der Waals surface area contributed by atoms with Gasteiger partial charge >= 0.3 is 6.18 Å². The molecule has 1 amide bonds. The summed E-state index contributed by atoms with van der Waals surface area (Å²) in [5.74, 6) is -0.629. The maximum Gasteiger partial charge on any atom is 0.416 e. The number of benzene rings is 1. The second-order valence-electron chi connectivity index (χ2n) is 6.27. The molecule has 1 aromatic carbocycles. The fourth-order valence-electron chi connectivity index (χ4n) is 2.51. The maximum atomic E-state index is 14.1. The molecule has 2 N–H and O–H groups in total. The number of nitrogens with one attached hydrogen (secondary N) is 2. The largest absolute Gasteiger partial charge is 0.416 e. The Bertz CT molecular complexity index is 540. The minimum Gasteiger partial charge on any atom is -0.350 e. The molecule has 0 spiro atoms. The van der Waals surface area contributed by atoms with E-state index in [2.05, 4.69) is 10.6 Å². The minimum atomic E-state index is -4.64. The van der Waals surface area contributed by atoms with E-state index in [-0.39, 0.29) is 17.2 Å². The van der Waals surface area contributed by atoms with Crippen LogP contribution in [0.4, 0.5) is 17.6 Å². The van der Waals surface area contributed by atoms with Crippen LogP contribution in [0.2, 0.25) is 0 Å². The van der Waals surface area contributed by atoms with E-state index in [4.69, 9.17) is 0 Å². The zero-order chi connectivity index (χ0) is 17.3. The van der Waals surface area contributed by atoms with Gasteiger partial charge in [-0.1, -0.05) is 0 Å². The van der Waals surface area contributed by atoms with Crippen LogP contribution < -0.4 is 10.6 Å². The standard InChI is InChI=1S/C16H20F4N2O/c1-15(2,17)11-6-10(7-12(8-11)16(18,19)20)14(23)22-9-13-4-3-5-21-13/h6-8,13,21H,3-5,9H2,1-2H3,(H,22,23). The summed E-state index contributed by atoms with van der Waals surface area (Å²) in [5, 5.41) is 5.79. The molecule has 1 heterocycles. The van der Waals surface area contributed by atoms with E-state index in [1.807, 2.05) is 0 Å². The Hall–Kier alpha value is -1.63. The summed E-state index contributed by atoms with van der Waals surface area (Å²) in [6.45, 7) is 3.52. The third-order valence-corrected chi connectivity index (χ3v) is 3.88. The quantitative estimate of drug-likeness (QED) is 0.830. The smallest absolute Gasteiger partial charge is 0.350 e. The Labute approximate surface area is 132 Å². The van der Waals surface area contributed by atoms with E-state index >= 15 is 0 Å². The lowest BCUT2D eigenvalue weighted by atomic mass is 9.95. The molecule has 1 unspecified atom stereocenters. The number of carbonyl (C=O) groups is 1. The van der Waals surface area contributed by atoms with Gasteiger partial charge < -0.3 is 10.6 Å². The first-order chi connectivity index (χ1) is 10.6. The summed E-state index contributed by atoms with van der Waals surface area (Å²) in [6, 6.07) is 2.80. The highest BCUT2D eigenvalue weighted by atomic mass is 19.4. The van der Waals surface area contributed by atoms with Gasteiger partial charge in [-0.15, -0.1) is 0 Å². The van der Waals surface area contributed by atoms with Gasteiger partial charge in [-0.05, 0) is 57.0 Å². The van der Waals surface area contributed by atoms with E-state index in [1.165, 1.54) is 6.07 Å². The second kappa shape index (κ2) is 6.47. The van der Waals surface area contributed by atoms with Crippen molar-refractivity contribution in [2.75, 3.05) is 13.1 Å². The molecule has 0 bridgehead atoms. The molecule has 1 saturated heterocycles. The fraction of sp³-hybridized carbons (Fsp3) is 0.562. The molecular weight excluding hydrogens is 312 g/mol. The average Bonchev–Trinajstić information content (AvgIpc) is 2.95. The van der Waals surface area contributed by atoms with Crippen LogP contribution in [0.15, 0.2) is 18.2 Å². The number of alkyl halides is 4. The first-order valence-corrected chi connectivity index (χ1v) is 7.50. The van der Waals surface area contributed by atoms with Gasteiger partial charge in [-0.25, -0.2) is 4.39 Å². The highest BCUT2D eigenvalue weighted by Gasteiger charge is 2.33. The van der Waals surface area contributed by atoms with Gasteiger partial charge in [0.25, 0.3) is 5.91 Å². The Morgan fingerprint density at radius 2 is 1.87 bits per heavy atom. The monoisotopic (exact) mass is 332 g/mol. The predicted molar refractivity (Wildman–Crippen MR) is 78.9 cm³/mol. The molecule has 1 atom stereocenters. The highest BCUT2D eigenvalue weighted by Crippen LogP contribution is 2.34. The predicted octanol–water partition coefficient (Wildman–Crippen LogP) is 3.39. The van der Waals surface area contributed by atoms with Crippen LogP contribution in [-0.2, 0) is 11.8 Å². The van der Waals surface area contributed by atoms with Crippen LogP contribution >= 0.6 is 0 Å². The van der Waals surface area contributed by atoms with Crippen molar-refractivity contribution in [3.8, 4) is 0 Å². The lowest BCUT2D eigenvalue weighted by molar-refractivity contribution is -0.137. The van der Waals surface area contributed by atoms with Crippen molar-refractivity contribution in [1.29, 1.82) is 0 Å². The van der Waals surface area contributed by atoms with E-state index in [1.54, 1.807) is 0 Å². The summed E-state index contributed by atoms with van der Waals surface area (Å²) < 4.78 is 53.0. The van der Waals surface area contributed by atoms with Gasteiger partial charge in [0.15, 0.2) is 0 Å². The van der Waals surface area contributed by atoms with Crippen molar-refractivity contribution in [3.63, 3.8) is 0 Å². The number of rotatable bonds is 4. The van der Waals surface area contributed by atoms with Crippen molar-refractivity contribution in [3.05, 3.63) is 34.9 Å². The lowest BCUT2D eigenvalue weighted by Crippen LogP contribution is -2.37. The number of amides is 1. The normalized spacial score (nSPS) is 19.0. The van der Waals surface area contributed by atoms with Crippen LogP contribution in [0.5, 0.6) is 0 Å². The zero-order valence-electron chi connectivity index (χ0n) is 13.1. The van der Waals surface area contributed by atoms with Gasteiger partial charge in [0, 0.05) is 18.2 Å². The third-order valence-electron chi connectivity index (χ3n) is 3.88. The number of carbonyl (C=O) groups excluding carboxylic acids is 1. The molecule has 0 radical (unpaired) electrons. The first-order valence-electron chi connectivity index (χ1n) is 7.50. The molecule has 7 heteroatoms. The van der Waals surface area contributed by atoms with Crippen molar-refractivity contribution >= 4 is 5.91 Å². The maximum absolute atomic E-state index is 14.1. The molecule has 1 fully saturated rings. The van der Waals surface area contributed by atoms with Crippen LogP contribution in [0.25, 0.3) is 0 Å². The third kappa shape index (κ3) is 4.67. The number of halogens is 4. The summed E-state index contributed by atoms with van der Waals surface area (Å²) >= 11 is 0. The molecule has 1 aliphatic rings. The number of hydrogen-bond acceptors (Lipinski definition) is 2. The average molecular weight is 332 g/mol. The summed E-state index contributed by atoms with van der Waals surface area (Å²) in [6.07, 6.45) is -2.72. The van der Waals surface area contributed by atoms with Crippen LogP contribution in [0.1, 0.15) is 48.2 Å². The van der Waals surface area contributed by atoms with Gasteiger partial charge in [-0.2, -0.15) is 13.2 Å². The Morgan fingerprint density at radius 1 is 1.22 bits per heavy atom. The molecule has 1 aromatic rings. The molecule has 0 aliphatic carbocycles. The highest BCUT2D eigenvalue weighted by molar-refractivity contribution is 5.94. The van der Waals surface area contributed by atoms with E-state index in [0.29, 0.717) is 6.54 Å². The van der Waals surface area contributed by atoms with Gasteiger partial charge in [0.05, 0.1) is 5.56 Å². The van der Waals surface area contributed by atoms with Gasteiger partial charge in [0.1, 0.15) is 5.67 Å². The topological polar surface area (TPSA) is 41.1 Å². The lowest BCUT2D eigenvalue weighted by Gasteiger charge is -2.19. The molecule has 0 aromatic heterocycles. The van der Waals surface area contributed by atoms with Gasteiger partial charge in [-0.3, -0.25) is 4.79 Å². The molecule has 128 valence electrons. The summed E-state index contributed by atoms with van der Waals surface area (Å²) in [4.78, 5) is 12.1. The Kier molecular flexibility index (Phi) is 4.98. The van der Waals surface area contributed by atoms with Crippen molar-refractivity contribution in [1.82, 2.24) is 10.6 Å². The van der Waals surface area contributed by atoms with E-state index < -0.39 is 23.3 Å². The Morgan fingerprint density at radius 3 is 2.39 bits per heavy atom. The van der Waals surface area contributed by atoms with E-state index in [9.17, 15) is 22.4 Å². The number of hydrogen-bond donors (Lipinski definition) is 2. The van der Waals surface area contributed by atoms with E-state index in [0.717, 1.165) is 45.4 Å². The molecular formula is C16H20F4N2O. The molecule has 3 nitrogen and oxygen atoms in total. The second-order valence-corrected chi connectivity index (χ2v) is 6.27. The fourth-order valence-corrected chi connectivity index (χ4v) is 2.51. The SMILES string of the molecule is CC(C)(F)c1cc(C(=O)NCC2CCCN2)cc(C(F)(F)F)c1. The summed E-state index contributed by atoms with van der Waals surface area (Å²) in [7, 11) is 0. The zero-order valence-corrected chi connectivity index (χ0v) is 13.1. The van der Waals surface area contributed by atoms with Crippen molar-refractivity contribution in [2.45, 2.75) is 44.6 Å². The summed E-state index contributed by atoms with van der Waals surface area (Å²) in [5.41, 5.74) is -3.34. The van der Waals surface area contributed by atoms with Gasteiger partial charge in [0.2, 0.25) is 0 Å². The minimum absolute atomic E-state index is 0.127. The molecule has 23 heavy (non-hydrogen) atoms. The van der Waals surface area contributed by atoms with Crippen LogP contribution in [0, 0.1) is 0 Å². The first kappa shape index (κ1) is 17.7.